The van der Waals surface area contributed by atoms with E-state index in [1.54, 1.807) is 0 Å². The molecule has 1 saturated heterocycles. The third-order valence-electron chi connectivity index (χ3n) is 5.08. The predicted octanol–water partition coefficient (Wildman–Crippen LogP) is 2.13. The fourth-order valence-corrected chi connectivity index (χ4v) is 3.90. The summed E-state index contributed by atoms with van der Waals surface area (Å²) in [7, 11) is 0. The van der Waals surface area contributed by atoms with E-state index in [4.69, 9.17) is 4.74 Å². The maximum atomic E-state index is 12.4. The summed E-state index contributed by atoms with van der Waals surface area (Å²) < 4.78 is 41.6. The van der Waals surface area contributed by atoms with E-state index < -0.39 is 31.0 Å². The van der Waals surface area contributed by atoms with Crippen molar-refractivity contribution in [3.63, 3.8) is 0 Å². The minimum atomic E-state index is -4.36. The quantitative estimate of drug-likeness (QED) is 0.814. The molecule has 3 fully saturated rings. The molecule has 1 aliphatic heterocycles. The molecule has 9 heteroatoms. The normalized spacial score (nSPS) is 35.5. The van der Waals surface area contributed by atoms with Gasteiger partial charge in [-0.3, -0.25) is 9.69 Å². The molecule has 2 amide bonds. The number of piperidine rings is 1. The van der Waals surface area contributed by atoms with Gasteiger partial charge in [-0.2, -0.15) is 13.2 Å². The Kier molecular flexibility index (Phi) is 4.63. The van der Waals surface area contributed by atoms with E-state index in [0.29, 0.717) is 32.1 Å². The Morgan fingerprint density at radius 3 is 2.62 bits per heavy atom. The van der Waals surface area contributed by atoms with Crippen molar-refractivity contribution in [1.29, 1.82) is 0 Å². The number of likely N-dealkylation sites (tertiary alicyclic amines) is 1. The van der Waals surface area contributed by atoms with E-state index in [1.807, 2.05) is 0 Å². The first kappa shape index (κ1) is 17.3. The van der Waals surface area contributed by atoms with Crippen LogP contribution in [0.3, 0.4) is 0 Å². The minimum Gasteiger partial charge on any atom is -0.465 e. The van der Waals surface area contributed by atoms with Gasteiger partial charge < -0.3 is 15.2 Å². The maximum absolute atomic E-state index is 12.4. The Labute approximate surface area is 137 Å². The molecule has 24 heavy (non-hydrogen) atoms. The fourth-order valence-electron chi connectivity index (χ4n) is 3.90. The van der Waals surface area contributed by atoms with E-state index >= 15 is 0 Å². The van der Waals surface area contributed by atoms with Crippen LogP contribution in [0.2, 0.25) is 0 Å². The van der Waals surface area contributed by atoms with Crippen molar-refractivity contribution in [3.8, 4) is 0 Å². The Balaban J connectivity index is 1.50. The number of nitrogens with zero attached hydrogens (tertiary/aromatic N) is 1. The zero-order valence-electron chi connectivity index (χ0n) is 13.1. The van der Waals surface area contributed by atoms with E-state index in [-0.39, 0.29) is 23.9 Å². The lowest BCUT2D eigenvalue weighted by Crippen LogP contribution is -2.51. The number of carboxylic acid groups (broad SMARTS) is 1. The molecule has 2 N–H and O–H groups in total. The van der Waals surface area contributed by atoms with Gasteiger partial charge in [0.1, 0.15) is 12.6 Å². The Hall–Kier alpha value is -1.51. The fraction of sp³-hybridized carbons (Fsp3) is 0.867. The van der Waals surface area contributed by atoms with E-state index in [2.05, 4.69) is 5.32 Å². The Morgan fingerprint density at radius 2 is 1.96 bits per heavy atom. The van der Waals surface area contributed by atoms with Gasteiger partial charge in [-0.1, -0.05) is 0 Å². The van der Waals surface area contributed by atoms with E-state index in [0.717, 1.165) is 6.42 Å². The molecule has 2 saturated carbocycles. The topological polar surface area (TPSA) is 78.9 Å². The third kappa shape index (κ3) is 3.93. The number of nitrogens with one attached hydrogen (secondary N) is 1. The third-order valence-corrected chi connectivity index (χ3v) is 5.08. The number of rotatable bonds is 4. The van der Waals surface area contributed by atoms with Crippen molar-refractivity contribution in [1.82, 2.24) is 10.2 Å². The van der Waals surface area contributed by atoms with Crippen LogP contribution in [0.15, 0.2) is 0 Å². The van der Waals surface area contributed by atoms with Gasteiger partial charge in [0.2, 0.25) is 5.91 Å². The molecule has 5 atom stereocenters. The summed E-state index contributed by atoms with van der Waals surface area (Å²) in [4.78, 5) is 24.9. The van der Waals surface area contributed by atoms with Gasteiger partial charge in [-0.15, -0.1) is 0 Å². The zero-order chi connectivity index (χ0) is 17.5. The SMILES string of the molecule is O=C(NC1CCCC(OCC(F)(F)F)C1)[C@@H]1C[C@H]2C[C@H]2N1C(=O)O. The van der Waals surface area contributed by atoms with Crippen LogP contribution in [0.4, 0.5) is 18.0 Å². The highest BCUT2D eigenvalue weighted by Crippen LogP contribution is 2.47. The summed E-state index contributed by atoms with van der Waals surface area (Å²) in [5.74, 6) is -0.0721. The first-order chi connectivity index (χ1) is 11.2. The number of fused-ring (bicyclic) bond motifs is 1. The van der Waals surface area contributed by atoms with Crippen molar-refractivity contribution >= 4 is 12.0 Å². The van der Waals surface area contributed by atoms with Crippen molar-refractivity contribution in [3.05, 3.63) is 0 Å². The summed E-state index contributed by atoms with van der Waals surface area (Å²) in [6, 6.07) is -0.993. The largest absolute Gasteiger partial charge is 0.465 e. The van der Waals surface area contributed by atoms with Gasteiger partial charge in [-0.05, 0) is 44.4 Å². The van der Waals surface area contributed by atoms with Crippen LogP contribution in [-0.4, -0.2) is 59.0 Å². The van der Waals surface area contributed by atoms with E-state index in [9.17, 15) is 27.9 Å². The number of alkyl halides is 3. The van der Waals surface area contributed by atoms with Gasteiger partial charge >= 0.3 is 12.3 Å². The molecular formula is C15H21F3N2O4. The van der Waals surface area contributed by atoms with Crippen LogP contribution in [0.5, 0.6) is 0 Å². The van der Waals surface area contributed by atoms with Crippen LogP contribution < -0.4 is 5.32 Å². The standard InChI is InChI=1S/C15H21F3N2O4/c16-15(17,18)7-24-10-3-1-2-9(6-10)19-13(21)12-5-8-4-11(8)20(12)14(22)23/h8-12H,1-7H2,(H,19,21)(H,22,23)/t8-,9?,10?,11-,12+/m1/s1. The first-order valence-electron chi connectivity index (χ1n) is 8.24. The average molecular weight is 350 g/mol. The van der Waals surface area contributed by atoms with Gasteiger partial charge in [0.25, 0.3) is 0 Å². The number of amides is 2. The van der Waals surface area contributed by atoms with Crippen LogP contribution in [0, 0.1) is 5.92 Å². The van der Waals surface area contributed by atoms with Crippen molar-refractivity contribution in [2.24, 2.45) is 5.92 Å². The molecule has 1 heterocycles. The molecule has 2 unspecified atom stereocenters. The van der Waals surface area contributed by atoms with Gasteiger partial charge in [-0.25, -0.2) is 4.79 Å². The number of hydrogen-bond acceptors (Lipinski definition) is 3. The molecule has 3 aliphatic rings. The Morgan fingerprint density at radius 1 is 1.21 bits per heavy atom. The second-order valence-corrected chi connectivity index (χ2v) is 6.92. The highest BCUT2D eigenvalue weighted by Gasteiger charge is 2.56. The number of halogens is 3. The summed E-state index contributed by atoms with van der Waals surface area (Å²) in [6.07, 6.45) is -2.42. The van der Waals surface area contributed by atoms with Crippen LogP contribution in [-0.2, 0) is 9.53 Å². The number of carbonyl (C=O) groups excluding carboxylic acids is 1. The Bertz CT molecular complexity index is 513. The number of ether oxygens (including phenoxy) is 1. The molecular weight excluding hydrogens is 329 g/mol. The van der Waals surface area contributed by atoms with Crippen molar-refractivity contribution < 1.29 is 32.6 Å². The van der Waals surface area contributed by atoms with Crippen molar-refractivity contribution in [2.75, 3.05) is 6.61 Å². The first-order valence-corrected chi connectivity index (χ1v) is 8.24. The summed E-state index contributed by atoms with van der Waals surface area (Å²) in [5.41, 5.74) is 0. The highest BCUT2D eigenvalue weighted by atomic mass is 19.4. The van der Waals surface area contributed by atoms with Crippen LogP contribution in [0.1, 0.15) is 38.5 Å². The van der Waals surface area contributed by atoms with Gasteiger partial charge in [0.15, 0.2) is 0 Å². The zero-order valence-corrected chi connectivity index (χ0v) is 13.1. The van der Waals surface area contributed by atoms with Crippen LogP contribution >= 0.6 is 0 Å². The smallest absolute Gasteiger partial charge is 0.411 e. The predicted molar refractivity (Wildman–Crippen MR) is 76.4 cm³/mol. The summed E-state index contributed by atoms with van der Waals surface area (Å²) >= 11 is 0. The molecule has 136 valence electrons. The average Bonchev–Trinajstić information content (AvgIpc) is 3.14. The molecule has 3 rings (SSSR count). The molecule has 0 radical (unpaired) electrons. The molecule has 2 aliphatic carbocycles. The highest BCUT2D eigenvalue weighted by molar-refractivity contribution is 5.86. The summed E-state index contributed by atoms with van der Waals surface area (Å²) in [6.45, 7) is -1.28. The number of hydrogen-bond donors (Lipinski definition) is 2. The molecule has 0 aromatic heterocycles. The molecule has 0 spiro atoms. The molecule has 0 aromatic rings. The lowest BCUT2D eigenvalue weighted by atomic mass is 9.92. The van der Waals surface area contributed by atoms with Crippen LogP contribution in [0.25, 0.3) is 0 Å². The molecule has 6 nitrogen and oxygen atoms in total. The van der Waals surface area contributed by atoms with E-state index in [1.165, 1.54) is 4.90 Å². The molecule has 0 aromatic carbocycles. The lowest BCUT2D eigenvalue weighted by molar-refractivity contribution is -0.188. The number of carbonyl (C=O) groups is 2. The van der Waals surface area contributed by atoms with Gasteiger partial charge in [0, 0.05) is 12.1 Å². The van der Waals surface area contributed by atoms with Gasteiger partial charge in [0.05, 0.1) is 6.10 Å². The lowest BCUT2D eigenvalue weighted by Gasteiger charge is -2.32. The second-order valence-electron chi connectivity index (χ2n) is 6.92. The summed E-state index contributed by atoms with van der Waals surface area (Å²) in [5, 5.41) is 12.1. The maximum Gasteiger partial charge on any atom is 0.411 e. The van der Waals surface area contributed by atoms with Crippen molar-refractivity contribution in [2.45, 2.75) is 68.9 Å². The molecule has 0 bridgehead atoms. The minimum absolute atomic E-state index is 0.0486. The second kappa shape index (κ2) is 6.42. The monoisotopic (exact) mass is 350 g/mol.